The molecule has 0 amide bonds. The van der Waals surface area contributed by atoms with Crippen LogP contribution in [0.25, 0.3) is 0 Å². The molecule has 0 aliphatic carbocycles. The van der Waals surface area contributed by atoms with Crippen LogP contribution in [0.3, 0.4) is 0 Å². The Morgan fingerprint density at radius 3 is 2.85 bits per heavy atom. The maximum absolute atomic E-state index is 12.1. The lowest BCUT2D eigenvalue weighted by atomic mass is 10.4. The van der Waals surface area contributed by atoms with Crippen LogP contribution in [0.1, 0.15) is 12.7 Å². The van der Waals surface area contributed by atoms with Crippen molar-refractivity contribution in [3.05, 3.63) is 12.2 Å². The van der Waals surface area contributed by atoms with Crippen molar-refractivity contribution in [2.75, 3.05) is 5.75 Å². The second-order valence-electron chi connectivity index (χ2n) is 2.48. The zero-order chi connectivity index (χ0) is 9.90. The lowest BCUT2D eigenvalue weighted by Gasteiger charge is -1.99. The van der Waals surface area contributed by atoms with Crippen molar-refractivity contribution in [2.24, 2.45) is 0 Å². The van der Waals surface area contributed by atoms with Gasteiger partial charge in [0.25, 0.3) is 0 Å². The van der Waals surface area contributed by atoms with E-state index in [0.717, 1.165) is 0 Å². The minimum Gasteiger partial charge on any atom is -0.250 e. The molecule has 0 saturated carbocycles. The molecule has 0 saturated heterocycles. The SMILES string of the molecule is CCn1ncnc1CCS(=O)(=O)F. The van der Waals surface area contributed by atoms with Gasteiger partial charge in [-0.2, -0.15) is 13.5 Å². The molecule has 74 valence electrons. The van der Waals surface area contributed by atoms with Crippen molar-refractivity contribution < 1.29 is 12.3 Å². The van der Waals surface area contributed by atoms with E-state index < -0.39 is 16.0 Å². The number of rotatable bonds is 4. The number of aromatic nitrogens is 3. The van der Waals surface area contributed by atoms with Gasteiger partial charge in [0.2, 0.25) is 0 Å². The van der Waals surface area contributed by atoms with Gasteiger partial charge >= 0.3 is 10.2 Å². The standard InChI is InChI=1S/C6H10FN3O2S/c1-2-10-6(8-5-9-10)3-4-13(7,11)12/h5H,2-4H2,1H3. The second-order valence-corrected chi connectivity index (χ2v) is 3.97. The van der Waals surface area contributed by atoms with E-state index in [9.17, 15) is 12.3 Å². The Labute approximate surface area is 75.8 Å². The molecule has 1 aromatic heterocycles. The predicted molar refractivity (Wildman–Crippen MR) is 44.3 cm³/mol. The lowest BCUT2D eigenvalue weighted by molar-refractivity contribution is 0.547. The molecule has 1 heterocycles. The summed E-state index contributed by atoms with van der Waals surface area (Å²) in [7, 11) is -4.41. The molecule has 0 unspecified atom stereocenters. The molecule has 13 heavy (non-hydrogen) atoms. The monoisotopic (exact) mass is 207 g/mol. The number of hydrogen-bond donors (Lipinski definition) is 0. The lowest BCUT2D eigenvalue weighted by Crippen LogP contribution is -2.09. The van der Waals surface area contributed by atoms with Crippen LogP contribution in [-0.2, 0) is 23.2 Å². The molecule has 1 aromatic rings. The Hall–Kier alpha value is -0.980. The van der Waals surface area contributed by atoms with Gasteiger partial charge in [-0.3, -0.25) is 4.68 Å². The van der Waals surface area contributed by atoms with Gasteiger partial charge in [-0.15, -0.1) is 3.89 Å². The summed E-state index contributed by atoms with van der Waals surface area (Å²) in [6, 6.07) is 0. The van der Waals surface area contributed by atoms with Crippen molar-refractivity contribution in [1.82, 2.24) is 14.8 Å². The Balaban J connectivity index is 2.64. The maximum Gasteiger partial charge on any atom is 0.302 e. The Bertz CT molecular complexity index is 373. The minimum absolute atomic E-state index is 0.0622. The van der Waals surface area contributed by atoms with Crippen molar-refractivity contribution in [1.29, 1.82) is 0 Å². The smallest absolute Gasteiger partial charge is 0.250 e. The molecule has 0 aliphatic heterocycles. The number of aryl methyl sites for hydroxylation is 2. The van der Waals surface area contributed by atoms with Crippen LogP contribution in [-0.4, -0.2) is 28.9 Å². The summed E-state index contributed by atoms with van der Waals surface area (Å²) in [6.45, 7) is 2.45. The molecule has 1 rings (SSSR count). The van der Waals surface area contributed by atoms with Gasteiger partial charge in [-0.25, -0.2) is 4.98 Å². The fourth-order valence-electron chi connectivity index (χ4n) is 0.959. The van der Waals surface area contributed by atoms with E-state index in [1.165, 1.54) is 11.0 Å². The average Bonchev–Trinajstić information content (AvgIpc) is 2.46. The molecule has 7 heteroatoms. The van der Waals surface area contributed by atoms with Crippen molar-refractivity contribution in [2.45, 2.75) is 19.9 Å². The molecule has 0 spiro atoms. The van der Waals surface area contributed by atoms with Crippen LogP contribution in [0, 0.1) is 0 Å². The first-order valence-corrected chi connectivity index (χ1v) is 5.37. The van der Waals surface area contributed by atoms with E-state index in [4.69, 9.17) is 0 Å². The van der Waals surface area contributed by atoms with Gasteiger partial charge in [-0.1, -0.05) is 0 Å². The first-order chi connectivity index (χ1) is 6.03. The fraction of sp³-hybridized carbons (Fsp3) is 0.667. The van der Waals surface area contributed by atoms with E-state index in [0.29, 0.717) is 12.4 Å². The zero-order valence-electron chi connectivity index (χ0n) is 7.14. The molecule has 0 radical (unpaired) electrons. The molecule has 0 N–H and O–H groups in total. The van der Waals surface area contributed by atoms with Crippen molar-refractivity contribution in [3.63, 3.8) is 0 Å². The minimum atomic E-state index is -4.41. The van der Waals surface area contributed by atoms with Gasteiger partial charge in [0.05, 0.1) is 5.75 Å². The summed E-state index contributed by atoms with van der Waals surface area (Å²) in [6.07, 6.45) is 1.39. The third kappa shape index (κ3) is 3.10. The predicted octanol–water partition coefficient (Wildman–Crippen LogP) is 0.140. The highest BCUT2D eigenvalue weighted by Gasteiger charge is 2.10. The fourth-order valence-corrected chi connectivity index (χ4v) is 1.39. The van der Waals surface area contributed by atoms with Crippen LogP contribution in [0.15, 0.2) is 6.33 Å². The molecule has 0 aliphatic rings. The molecule has 0 aromatic carbocycles. The topological polar surface area (TPSA) is 64.8 Å². The normalized spacial score (nSPS) is 11.8. The summed E-state index contributed by atoms with van der Waals surface area (Å²) in [5, 5.41) is 3.82. The highest BCUT2D eigenvalue weighted by molar-refractivity contribution is 7.86. The molecule has 5 nitrogen and oxygen atoms in total. The molecular weight excluding hydrogens is 197 g/mol. The zero-order valence-corrected chi connectivity index (χ0v) is 7.96. The van der Waals surface area contributed by atoms with E-state index in [-0.39, 0.29) is 6.42 Å². The first kappa shape index (κ1) is 10.1. The summed E-state index contributed by atoms with van der Waals surface area (Å²) in [5.74, 6) is -0.0465. The third-order valence-electron chi connectivity index (χ3n) is 1.56. The molecule has 0 fully saturated rings. The van der Waals surface area contributed by atoms with Gasteiger partial charge in [0.15, 0.2) is 0 Å². The third-order valence-corrected chi connectivity index (χ3v) is 2.26. The highest BCUT2D eigenvalue weighted by Crippen LogP contribution is 1.99. The van der Waals surface area contributed by atoms with Gasteiger partial charge in [0.1, 0.15) is 12.2 Å². The maximum atomic E-state index is 12.1. The Kier molecular flexibility index (Phi) is 2.97. The van der Waals surface area contributed by atoms with Gasteiger partial charge in [-0.05, 0) is 6.92 Å². The van der Waals surface area contributed by atoms with Crippen LogP contribution >= 0.6 is 0 Å². The molecular formula is C6H10FN3O2S. The van der Waals surface area contributed by atoms with Crippen molar-refractivity contribution in [3.8, 4) is 0 Å². The van der Waals surface area contributed by atoms with Crippen LogP contribution in [0.2, 0.25) is 0 Å². The largest absolute Gasteiger partial charge is 0.302 e. The number of hydrogen-bond acceptors (Lipinski definition) is 4. The van der Waals surface area contributed by atoms with Crippen LogP contribution in [0.4, 0.5) is 3.89 Å². The quantitative estimate of drug-likeness (QED) is 0.659. The summed E-state index contributed by atoms with van der Waals surface area (Å²) >= 11 is 0. The molecule has 0 atom stereocenters. The van der Waals surface area contributed by atoms with E-state index >= 15 is 0 Å². The van der Waals surface area contributed by atoms with Gasteiger partial charge < -0.3 is 0 Å². The van der Waals surface area contributed by atoms with E-state index in [1.807, 2.05) is 6.92 Å². The highest BCUT2D eigenvalue weighted by atomic mass is 32.3. The number of halogens is 1. The summed E-state index contributed by atoms with van der Waals surface area (Å²) in [5.41, 5.74) is 0. The van der Waals surface area contributed by atoms with Crippen LogP contribution in [0.5, 0.6) is 0 Å². The van der Waals surface area contributed by atoms with E-state index in [1.54, 1.807) is 0 Å². The Morgan fingerprint density at radius 1 is 1.62 bits per heavy atom. The first-order valence-electron chi connectivity index (χ1n) is 3.82. The van der Waals surface area contributed by atoms with Crippen molar-refractivity contribution >= 4 is 10.2 Å². The van der Waals surface area contributed by atoms with Crippen LogP contribution < -0.4 is 0 Å². The van der Waals surface area contributed by atoms with Gasteiger partial charge in [0, 0.05) is 13.0 Å². The second kappa shape index (κ2) is 3.82. The van der Waals surface area contributed by atoms with E-state index in [2.05, 4.69) is 10.1 Å². The number of nitrogens with zero attached hydrogens (tertiary/aromatic N) is 3. The Morgan fingerprint density at radius 2 is 2.31 bits per heavy atom. The molecule has 0 bridgehead atoms. The average molecular weight is 207 g/mol. The summed E-state index contributed by atoms with van der Waals surface area (Å²) in [4.78, 5) is 3.81. The summed E-state index contributed by atoms with van der Waals surface area (Å²) < 4.78 is 34.1.